The fourth-order valence-electron chi connectivity index (χ4n) is 1.93. The van der Waals surface area contributed by atoms with Crippen LogP contribution in [0, 0.1) is 5.92 Å². The molecule has 0 unspecified atom stereocenters. The molecule has 0 bridgehead atoms. The minimum absolute atomic E-state index is 0.370. The molecule has 1 saturated carbocycles. The van der Waals surface area contributed by atoms with Gasteiger partial charge in [0.2, 0.25) is 0 Å². The molecule has 1 aromatic carbocycles. The highest BCUT2D eigenvalue weighted by atomic mass is 32.2. The second-order valence-corrected chi connectivity index (χ2v) is 6.67. The maximum atomic E-state index is 12.3. The molecule has 1 aliphatic carbocycles. The molecule has 0 spiro atoms. The van der Waals surface area contributed by atoms with Crippen molar-refractivity contribution in [3.05, 3.63) is 24.3 Å². The van der Waals surface area contributed by atoms with Gasteiger partial charge < -0.3 is 15.4 Å². The summed E-state index contributed by atoms with van der Waals surface area (Å²) in [4.78, 5) is 12.2. The number of amides is 2. The quantitative estimate of drug-likeness (QED) is 0.509. The van der Waals surface area contributed by atoms with Gasteiger partial charge in [0, 0.05) is 24.7 Å². The second-order valence-electron chi connectivity index (χ2n) is 5.65. The van der Waals surface area contributed by atoms with Gasteiger partial charge in [-0.15, -0.1) is 11.8 Å². The third-order valence-corrected chi connectivity index (χ3v) is 4.47. The van der Waals surface area contributed by atoms with Crippen LogP contribution in [0.15, 0.2) is 29.2 Å². The van der Waals surface area contributed by atoms with E-state index in [2.05, 4.69) is 10.6 Å². The normalized spacial score (nSPS) is 14.5. The summed E-state index contributed by atoms with van der Waals surface area (Å²) in [6, 6.07) is 6.00. The zero-order valence-electron chi connectivity index (χ0n) is 13.2. The van der Waals surface area contributed by atoms with Crippen molar-refractivity contribution >= 4 is 23.5 Å². The summed E-state index contributed by atoms with van der Waals surface area (Å²) in [5, 5.41) is 5.26. The first kappa shape index (κ1) is 18.9. The van der Waals surface area contributed by atoms with Crippen LogP contribution in [0.25, 0.3) is 0 Å². The average molecular weight is 362 g/mol. The maximum absolute atomic E-state index is 12.3. The molecule has 8 heteroatoms. The lowest BCUT2D eigenvalue weighted by Crippen LogP contribution is -2.30. The van der Waals surface area contributed by atoms with Crippen LogP contribution in [0.3, 0.4) is 0 Å². The standard InChI is InChI=1S/C16H21F3N2O2S/c17-16(18,19)11-24-14-5-2-1-4-13(14)21-15(22)20-8-3-9-23-10-12-6-7-12/h1-2,4-5,12H,3,6-11H2,(H2,20,21,22). The minimum Gasteiger partial charge on any atom is -0.381 e. The number of alkyl halides is 3. The van der Waals surface area contributed by atoms with E-state index >= 15 is 0 Å². The van der Waals surface area contributed by atoms with Gasteiger partial charge in [-0.25, -0.2) is 4.79 Å². The van der Waals surface area contributed by atoms with Crippen LogP contribution in [0.2, 0.25) is 0 Å². The zero-order valence-corrected chi connectivity index (χ0v) is 14.0. The Bertz CT molecular complexity index is 536. The summed E-state index contributed by atoms with van der Waals surface area (Å²) in [6.07, 6.45) is -1.07. The minimum atomic E-state index is -4.25. The van der Waals surface area contributed by atoms with Gasteiger partial charge in [-0.1, -0.05) is 12.1 Å². The van der Waals surface area contributed by atoms with Crippen LogP contribution < -0.4 is 10.6 Å². The molecule has 0 atom stereocenters. The number of carbonyl (C=O) groups excluding carboxylic acids is 1. The summed E-state index contributed by atoms with van der Waals surface area (Å²) < 4.78 is 42.4. The predicted octanol–water partition coefficient (Wildman–Crippen LogP) is 4.28. The number of urea groups is 1. The molecule has 2 rings (SSSR count). The molecule has 2 N–H and O–H groups in total. The molecule has 0 aromatic heterocycles. The van der Waals surface area contributed by atoms with E-state index in [9.17, 15) is 18.0 Å². The molecule has 0 saturated heterocycles. The largest absolute Gasteiger partial charge is 0.398 e. The lowest BCUT2D eigenvalue weighted by molar-refractivity contribution is -0.105. The summed E-state index contributed by atoms with van der Waals surface area (Å²) in [5.74, 6) is -0.280. The number of ether oxygens (including phenoxy) is 1. The van der Waals surface area contributed by atoms with Crippen LogP contribution in [0.1, 0.15) is 19.3 Å². The molecule has 1 fully saturated rings. The van der Waals surface area contributed by atoms with Crippen molar-refractivity contribution in [1.82, 2.24) is 5.32 Å². The first-order valence-corrected chi connectivity index (χ1v) is 8.84. The second kappa shape index (κ2) is 9.17. The highest BCUT2D eigenvalue weighted by Gasteiger charge is 2.27. The number of para-hydroxylation sites is 1. The van der Waals surface area contributed by atoms with Crippen molar-refractivity contribution in [3.63, 3.8) is 0 Å². The number of carbonyl (C=O) groups is 1. The van der Waals surface area contributed by atoms with Gasteiger partial charge >= 0.3 is 12.2 Å². The van der Waals surface area contributed by atoms with Gasteiger partial charge in [-0.3, -0.25) is 0 Å². The summed E-state index contributed by atoms with van der Waals surface area (Å²) in [7, 11) is 0. The van der Waals surface area contributed by atoms with Crippen molar-refractivity contribution in [2.75, 3.05) is 30.8 Å². The molecule has 1 aliphatic rings. The summed E-state index contributed by atoms with van der Waals surface area (Å²) in [6.45, 7) is 1.83. The van der Waals surface area contributed by atoms with Gasteiger partial charge in [0.15, 0.2) is 0 Å². The highest BCUT2D eigenvalue weighted by Crippen LogP contribution is 2.32. The fraction of sp³-hybridized carbons (Fsp3) is 0.562. The number of anilines is 1. The SMILES string of the molecule is O=C(NCCCOCC1CC1)Nc1ccccc1SCC(F)(F)F. The monoisotopic (exact) mass is 362 g/mol. The van der Waals surface area contributed by atoms with Crippen LogP contribution in [-0.4, -0.2) is 37.7 Å². The van der Waals surface area contributed by atoms with Gasteiger partial charge in [-0.05, 0) is 37.3 Å². The van der Waals surface area contributed by atoms with Gasteiger partial charge in [-0.2, -0.15) is 13.2 Å². The van der Waals surface area contributed by atoms with Crippen molar-refractivity contribution in [2.45, 2.75) is 30.3 Å². The van der Waals surface area contributed by atoms with Crippen molar-refractivity contribution in [3.8, 4) is 0 Å². The van der Waals surface area contributed by atoms with Gasteiger partial charge in [0.05, 0.1) is 11.4 Å². The fourth-order valence-corrected chi connectivity index (χ4v) is 2.70. The first-order chi connectivity index (χ1) is 11.4. The zero-order chi connectivity index (χ0) is 17.4. The number of hydrogen-bond acceptors (Lipinski definition) is 3. The molecular weight excluding hydrogens is 341 g/mol. The Balaban J connectivity index is 1.68. The lowest BCUT2D eigenvalue weighted by Gasteiger charge is -2.12. The lowest BCUT2D eigenvalue weighted by atomic mass is 10.3. The number of nitrogens with one attached hydrogen (secondary N) is 2. The van der Waals surface area contributed by atoms with Gasteiger partial charge in [0.25, 0.3) is 0 Å². The summed E-state index contributed by atoms with van der Waals surface area (Å²) in [5.41, 5.74) is 0.370. The Morgan fingerprint density at radius 1 is 1.29 bits per heavy atom. The van der Waals surface area contributed by atoms with E-state index in [1.807, 2.05) is 0 Å². The Hall–Kier alpha value is -1.41. The van der Waals surface area contributed by atoms with E-state index in [4.69, 9.17) is 4.74 Å². The van der Waals surface area contributed by atoms with E-state index < -0.39 is 18.0 Å². The van der Waals surface area contributed by atoms with Crippen LogP contribution in [-0.2, 0) is 4.74 Å². The Morgan fingerprint density at radius 2 is 2.04 bits per heavy atom. The van der Waals surface area contributed by atoms with Crippen LogP contribution >= 0.6 is 11.8 Å². The van der Waals surface area contributed by atoms with E-state index in [-0.39, 0.29) is 0 Å². The van der Waals surface area contributed by atoms with E-state index in [0.29, 0.717) is 47.8 Å². The molecule has 2 amide bonds. The first-order valence-electron chi connectivity index (χ1n) is 7.85. The Morgan fingerprint density at radius 3 is 2.75 bits per heavy atom. The number of thioether (sulfide) groups is 1. The molecule has 0 heterocycles. The van der Waals surface area contributed by atoms with Crippen molar-refractivity contribution < 1.29 is 22.7 Å². The third kappa shape index (κ3) is 7.92. The highest BCUT2D eigenvalue weighted by molar-refractivity contribution is 7.99. The molecule has 4 nitrogen and oxygen atoms in total. The predicted molar refractivity (Wildman–Crippen MR) is 88.4 cm³/mol. The summed E-state index contributed by atoms with van der Waals surface area (Å²) >= 11 is 0.652. The number of halogens is 3. The number of rotatable bonds is 9. The molecule has 1 aromatic rings. The Labute approximate surface area is 143 Å². The molecule has 0 aliphatic heterocycles. The average Bonchev–Trinajstić information content (AvgIpc) is 3.33. The van der Waals surface area contributed by atoms with Crippen LogP contribution in [0.4, 0.5) is 23.7 Å². The van der Waals surface area contributed by atoms with Crippen molar-refractivity contribution in [1.29, 1.82) is 0 Å². The van der Waals surface area contributed by atoms with Gasteiger partial charge in [0.1, 0.15) is 0 Å². The van der Waals surface area contributed by atoms with Crippen LogP contribution in [0.5, 0.6) is 0 Å². The van der Waals surface area contributed by atoms with E-state index in [0.717, 1.165) is 6.61 Å². The molecule has 24 heavy (non-hydrogen) atoms. The third-order valence-electron chi connectivity index (χ3n) is 3.33. The van der Waals surface area contributed by atoms with Crippen molar-refractivity contribution in [2.24, 2.45) is 5.92 Å². The topological polar surface area (TPSA) is 50.4 Å². The number of benzene rings is 1. The number of hydrogen-bond donors (Lipinski definition) is 2. The molecule has 134 valence electrons. The van der Waals surface area contributed by atoms with E-state index in [1.165, 1.54) is 12.8 Å². The van der Waals surface area contributed by atoms with E-state index in [1.54, 1.807) is 24.3 Å². The maximum Gasteiger partial charge on any atom is 0.398 e. The molecule has 0 radical (unpaired) electrons. The molecular formula is C16H21F3N2O2S. The smallest absolute Gasteiger partial charge is 0.381 e. The Kier molecular flexibility index (Phi) is 7.23.